The fraction of sp³-hybridized carbons (Fsp3) is 0.735. The van der Waals surface area contributed by atoms with Crippen LogP contribution in [0.25, 0.3) is 0 Å². The Morgan fingerprint density at radius 2 is 1.31 bits per heavy atom. The topological polar surface area (TPSA) is 113 Å². The van der Waals surface area contributed by atoms with Gasteiger partial charge in [-0.3, -0.25) is 24.0 Å². The molecule has 0 saturated heterocycles. The number of carbonyl (C=O) groups is 5. The number of methoxy groups -OCH3 is 2. The average molecular weight is 583 g/mol. The van der Waals surface area contributed by atoms with Crippen molar-refractivity contribution in [1.82, 2.24) is 0 Å². The van der Waals surface area contributed by atoms with E-state index >= 15 is 4.79 Å². The van der Waals surface area contributed by atoms with Crippen molar-refractivity contribution >= 4 is 29.5 Å². The van der Waals surface area contributed by atoms with Crippen LogP contribution in [0.2, 0.25) is 0 Å². The van der Waals surface area contributed by atoms with Crippen LogP contribution >= 0.6 is 0 Å². The first kappa shape index (κ1) is 30.7. The third-order valence-electron chi connectivity index (χ3n) is 13.1. The number of hydrogen-bond donors (Lipinski definition) is 0. The molecule has 0 spiro atoms. The van der Waals surface area contributed by atoms with E-state index in [0.29, 0.717) is 44.1 Å². The fourth-order valence-corrected chi connectivity index (χ4v) is 10.7. The molecule has 2 fully saturated rings. The van der Waals surface area contributed by atoms with Crippen molar-refractivity contribution in [3.63, 3.8) is 0 Å². The summed E-state index contributed by atoms with van der Waals surface area (Å²) in [4.78, 5) is 68.7. The quantitative estimate of drug-likeness (QED) is 0.253. The monoisotopic (exact) mass is 582 g/mol. The summed E-state index contributed by atoms with van der Waals surface area (Å²) in [5, 5.41) is 0. The Labute approximate surface area is 249 Å². The lowest BCUT2D eigenvalue weighted by atomic mass is 9.46. The minimum atomic E-state index is -1.37. The number of ether oxygens (including phenoxy) is 3. The summed E-state index contributed by atoms with van der Waals surface area (Å²) in [5.41, 5.74) is -1.98. The first-order valence-electron chi connectivity index (χ1n) is 15.5. The van der Waals surface area contributed by atoms with Crippen LogP contribution in [0, 0.1) is 51.2 Å². The molecule has 0 aromatic rings. The molecule has 5 aliphatic rings. The van der Waals surface area contributed by atoms with Gasteiger partial charge in [-0.25, -0.2) is 0 Å². The van der Waals surface area contributed by atoms with Crippen molar-refractivity contribution in [1.29, 1.82) is 0 Å². The zero-order valence-electron chi connectivity index (χ0n) is 26.6. The van der Waals surface area contributed by atoms with E-state index in [1.807, 2.05) is 34.6 Å². The molecular formula is C34H46O8. The van der Waals surface area contributed by atoms with E-state index in [2.05, 4.69) is 6.92 Å². The van der Waals surface area contributed by atoms with Gasteiger partial charge >= 0.3 is 17.9 Å². The van der Waals surface area contributed by atoms with E-state index in [4.69, 9.17) is 14.2 Å². The van der Waals surface area contributed by atoms with E-state index in [0.717, 1.165) is 11.1 Å². The Hall–Kier alpha value is -2.77. The van der Waals surface area contributed by atoms with E-state index < -0.39 is 51.6 Å². The molecule has 5 aliphatic carbocycles. The van der Waals surface area contributed by atoms with Crippen LogP contribution in [0.5, 0.6) is 0 Å². The van der Waals surface area contributed by atoms with Gasteiger partial charge in [-0.2, -0.15) is 0 Å². The number of carbonyl (C=O) groups excluding carboxylic acids is 5. The average Bonchev–Trinajstić information content (AvgIpc) is 3.40. The van der Waals surface area contributed by atoms with Crippen LogP contribution in [-0.2, 0) is 38.2 Å². The van der Waals surface area contributed by atoms with E-state index in [-0.39, 0.29) is 35.2 Å². The van der Waals surface area contributed by atoms with Crippen LogP contribution in [0.15, 0.2) is 22.8 Å². The van der Waals surface area contributed by atoms with Crippen molar-refractivity contribution in [2.75, 3.05) is 14.2 Å². The second kappa shape index (κ2) is 9.88. The lowest BCUT2D eigenvalue weighted by molar-refractivity contribution is -0.174. The standard InChI is InChI=1S/C34H46O8/c1-17-12-14-31(6)19(3)23(16-25(36)33(17,31)29(38)40-8)22-10-11-24(42-21(5)35)26-20(4)32(7)15-13-18(2)34(32,30(39)41-9)28(37)27(22)26/h16-20,22,24H,10-15H2,1-9H3. The second-order valence-electron chi connectivity index (χ2n) is 14.2. The minimum absolute atomic E-state index is 0.184. The summed E-state index contributed by atoms with van der Waals surface area (Å²) >= 11 is 0. The Bertz CT molecular complexity index is 1320. The summed E-state index contributed by atoms with van der Waals surface area (Å²) in [5.74, 6) is -3.28. The van der Waals surface area contributed by atoms with Gasteiger partial charge in [-0.05, 0) is 84.7 Å². The number of hydrogen-bond acceptors (Lipinski definition) is 8. The summed E-state index contributed by atoms with van der Waals surface area (Å²) in [6.07, 6.45) is 4.77. The maximum atomic E-state index is 15.1. The molecular weight excluding hydrogens is 536 g/mol. The molecule has 0 aliphatic heterocycles. The predicted molar refractivity (Wildman–Crippen MR) is 154 cm³/mol. The molecule has 42 heavy (non-hydrogen) atoms. The van der Waals surface area contributed by atoms with Gasteiger partial charge in [0.2, 0.25) is 0 Å². The van der Waals surface area contributed by atoms with Gasteiger partial charge in [-0.1, -0.05) is 47.1 Å². The van der Waals surface area contributed by atoms with Gasteiger partial charge in [0.15, 0.2) is 11.6 Å². The zero-order chi connectivity index (χ0) is 31.2. The fourth-order valence-electron chi connectivity index (χ4n) is 10.7. The first-order valence-corrected chi connectivity index (χ1v) is 15.5. The van der Waals surface area contributed by atoms with Gasteiger partial charge in [0.05, 0.1) is 14.2 Å². The maximum Gasteiger partial charge on any atom is 0.320 e. The van der Waals surface area contributed by atoms with Crippen molar-refractivity contribution in [2.24, 2.45) is 51.2 Å². The number of rotatable bonds is 4. The van der Waals surface area contributed by atoms with Crippen LogP contribution in [0.4, 0.5) is 0 Å². The molecule has 230 valence electrons. The van der Waals surface area contributed by atoms with Crippen LogP contribution < -0.4 is 0 Å². The zero-order valence-corrected chi connectivity index (χ0v) is 26.6. The first-order chi connectivity index (χ1) is 19.6. The molecule has 0 bridgehead atoms. The molecule has 0 amide bonds. The largest absolute Gasteiger partial charge is 0.468 e. The second-order valence-corrected chi connectivity index (χ2v) is 14.2. The molecule has 0 N–H and O–H groups in total. The third kappa shape index (κ3) is 3.38. The Kier molecular flexibility index (Phi) is 7.22. The number of fused-ring (bicyclic) bond motifs is 2. The number of allylic oxidation sites excluding steroid dienone is 3. The highest BCUT2D eigenvalue weighted by molar-refractivity contribution is 6.16. The maximum absolute atomic E-state index is 15.1. The molecule has 0 aromatic heterocycles. The lowest BCUT2D eigenvalue weighted by Gasteiger charge is -2.56. The highest BCUT2D eigenvalue weighted by atomic mass is 16.5. The van der Waals surface area contributed by atoms with Gasteiger partial charge in [0.25, 0.3) is 0 Å². The van der Waals surface area contributed by atoms with E-state index in [9.17, 15) is 19.2 Å². The predicted octanol–water partition coefficient (Wildman–Crippen LogP) is 5.18. The minimum Gasteiger partial charge on any atom is -0.468 e. The Morgan fingerprint density at radius 3 is 1.86 bits per heavy atom. The van der Waals surface area contributed by atoms with Crippen LogP contribution in [0.1, 0.15) is 87.0 Å². The molecule has 0 aromatic carbocycles. The van der Waals surface area contributed by atoms with Gasteiger partial charge in [-0.15, -0.1) is 0 Å². The number of esters is 3. The van der Waals surface area contributed by atoms with Crippen molar-refractivity contribution < 1.29 is 38.2 Å². The van der Waals surface area contributed by atoms with Crippen LogP contribution in [-0.4, -0.2) is 49.8 Å². The summed E-state index contributed by atoms with van der Waals surface area (Å²) < 4.78 is 16.5. The van der Waals surface area contributed by atoms with Crippen molar-refractivity contribution in [2.45, 2.75) is 93.1 Å². The number of ketones is 2. The van der Waals surface area contributed by atoms with Gasteiger partial charge < -0.3 is 14.2 Å². The summed E-state index contributed by atoms with van der Waals surface area (Å²) in [6, 6.07) is 0. The smallest absolute Gasteiger partial charge is 0.320 e. The van der Waals surface area contributed by atoms with E-state index in [1.54, 1.807) is 6.08 Å². The highest BCUT2D eigenvalue weighted by Gasteiger charge is 2.73. The molecule has 8 heteroatoms. The molecule has 0 heterocycles. The normalized spacial score (nSPS) is 44.5. The van der Waals surface area contributed by atoms with E-state index in [1.165, 1.54) is 21.1 Å². The van der Waals surface area contributed by atoms with Crippen molar-refractivity contribution in [3.05, 3.63) is 22.8 Å². The summed E-state index contributed by atoms with van der Waals surface area (Å²) in [7, 11) is 2.67. The molecule has 10 unspecified atom stereocenters. The third-order valence-corrected chi connectivity index (χ3v) is 13.1. The molecule has 0 radical (unpaired) electrons. The molecule has 5 rings (SSSR count). The highest BCUT2D eigenvalue weighted by Crippen LogP contribution is 2.70. The van der Waals surface area contributed by atoms with Gasteiger partial charge in [0.1, 0.15) is 16.9 Å². The van der Waals surface area contributed by atoms with Crippen molar-refractivity contribution in [3.8, 4) is 0 Å². The van der Waals surface area contributed by atoms with Crippen LogP contribution in [0.3, 0.4) is 0 Å². The Morgan fingerprint density at radius 1 is 0.786 bits per heavy atom. The molecule has 2 saturated carbocycles. The lowest BCUT2D eigenvalue weighted by Crippen LogP contribution is -2.61. The Balaban J connectivity index is 1.76. The number of Topliss-reactive ketones (excluding diaryl/α,β-unsaturated/α-hetero) is 1. The van der Waals surface area contributed by atoms with Gasteiger partial charge in [0, 0.05) is 18.4 Å². The molecule has 8 nitrogen and oxygen atoms in total. The summed E-state index contributed by atoms with van der Waals surface area (Å²) in [6.45, 7) is 13.4. The SMILES string of the molecule is COC(=O)C12C(=O)C=C(C3CCC(OC(C)=O)C4=C3C(=O)C3(C(=O)OC)C(C)CCC3(C)C4C)C(C)C1(C)CCC2C. The molecule has 10 atom stereocenters.